The summed E-state index contributed by atoms with van der Waals surface area (Å²) in [7, 11) is 4.18. The van der Waals surface area contributed by atoms with Crippen LogP contribution in [0.15, 0.2) is 105 Å². The van der Waals surface area contributed by atoms with E-state index in [-0.39, 0.29) is 5.41 Å². The molecule has 3 unspecified atom stereocenters. The van der Waals surface area contributed by atoms with Crippen LogP contribution in [0.3, 0.4) is 0 Å². The van der Waals surface area contributed by atoms with E-state index in [1.54, 1.807) is 6.20 Å². The van der Waals surface area contributed by atoms with Gasteiger partial charge in [0, 0.05) is 54.7 Å². The summed E-state index contributed by atoms with van der Waals surface area (Å²) in [5.74, 6) is 2.00. The van der Waals surface area contributed by atoms with Gasteiger partial charge in [0.1, 0.15) is 5.82 Å². The average Bonchev–Trinajstić information content (AvgIpc) is 3.47. The van der Waals surface area contributed by atoms with Crippen LogP contribution in [0.1, 0.15) is 69.2 Å². The molecule has 0 fully saturated rings. The summed E-state index contributed by atoms with van der Waals surface area (Å²) in [6.07, 6.45) is 7.38. The molecule has 3 aromatic rings. The Morgan fingerprint density at radius 3 is 2.30 bits per heavy atom. The van der Waals surface area contributed by atoms with E-state index in [4.69, 9.17) is 5.73 Å². The van der Waals surface area contributed by atoms with E-state index in [0.29, 0.717) is 5.92 Å². The molecule has 0 saturated carbocycles. The third kappa shape index (κ3) is 10.4. The Kier molecular flexibility index (Phi) is 14.9. The third-order valence-corrected chi connectivity index (χ3v) is 8.94. The van der Waals surface area contributed by atoms with Crippen molar-refractivity contribution in [3.63, 3.8) is 0 Å². The Bertz CT molecular complexity index is 1320. The summed E-state index contributed by atoms with van der Waals surface area (Å²) in [5, 5.41) is 6.56. The second-order valence-electron chi connectivity index (χ2n) is 12.2. The SMILES string of the molecule is C=C.C=C(N(C)Cc1ccccc1CNC)C(C)(CC)CC(C)CC.C=C(Nc1ccccn1)C1Cc2ccc(N)cc2C1. The second kappa shape index (κ2) is 18.1. The Morgan fingerprint density at radius 1 is 1.02 bits per heavy atom. The number of benzene rings is 2. The molecule has 5 heteroatoms. The van der Waals surface area contributed by atoms with Crippen molar-refractivity contribution in [2.24, 2.45) is 17.3 Å². The lowest BCUT2D eigenvalue weighted by atomic mass is 9.75. The zero-order chi connectivity index (χ0) is 32.7. The lowest BCUT2D eigenvalue weighted by molar-refractivity contribution is 0.213. The highest BCUT2D eigenvalue weighted by atomic mass is 15.1. The molecule has 1 aromatic heterocycles. The number of rotatable bonds is 13. The van der Waals surface area contributed by atoms with Gasteiger partial charge in [-0.25, -0.2) is 4.98 Å². The van der Waals surface area contributed by atoms with Gasteiger partial charge in [-0.3, -0.25) is 0 Å². The maximum absolute atomic E-state index is 5.83. The molecule has 1 heterocycles. The van der Waals surface area contributed by atoms with E-state index >= 15 is 0 Å². The largest absolute Gasteiger partial charge is 0.399 e. The first kappa shape index (κ1) is 36.4. The highest BCUT2D eigenvalue weighted by Gasteiger charge is 2.30. The number of nitrogens with two attached hydrogens (primary N) is 1. The van der Waals surface area contributed by atoms with Crippen molar-refractivity contribution in [2.45, 2.75) is 72.9 Å². The van der Waals surface area contributed by atoms with E-state index in [1.807, 2.05) is 31.3 Å². The van der Waals surface area contributed by atoms with Crippen LogP contribution in [0.4, 0.5) is 11.5 Å². The summed E-state index contributed by atoms with van der Waals surface area (Å²) in [6, 6.07) is 20.7. The number of hydrogen-bond acceptors (Lipinski definition) is 5. The van der Waals surface area contributed by atoms with Crippen molar-refractivity contribution >= 4 is 11.5 Å². The van der Waals surface area contributed by atoms with E-state index < -0.39 is 0 Å². The van der Waals surface area contributed by atoms with E-state index in [1.165, 1.54) is 40.8 Å². The predicted molar refractivity (Wildman–Crippen MR) is 192 cm³/mol. The molecule has 3 atom stereocenters. The van der Waals surface area contributed by atoms with Gasteiger partial charge in [0.05, 0.1) is 0 Å². The van der Waals surface area contributed by atoms with Crippen molar-refractivity contribution in [3.8, 4) is 0 Å². The van der Waals surface area contributed by atoms with Crippen LogP contribution in [0, 0.1) is 17.3 Å². The Balaban J connectivity index is 0.000000294. The Labute approximate surface area is 268 Å². The van der Waals surface area contributed by atoms with Gasteiger partial charge in [0.2, 0.25) is 0 Å². The fraction of sp³-hybridized carbons (Fsp3) is 0.410. The van der Waals surface area contributed by atoms with Crippen LogP contribution in [-0.4, -0.2) is 24.0 Å². The molecule has 5 nitrogen and oxygen atoms in total. The second-order valence-corrected chi connectivity index (χ2v) is 12.2. The Hall–Kier alpha value is -3.83. The number of anilines is 2. The summed E-state index contributed by atoms with van der Waals surface area (Å²) >= 11 is 0. The van der Waals surface area contributed by atoms with E-state index in [9.17, 15) is 0 Å². The topological polar surface area (TPSA) is 66.2 Å². The normalized spacial score (nSPS) is 15.3. The fourth-order valence-electron chi connectivity index (χ4n) is 5.85. The molecule has 4 rings (SSSR count). The van der Waals surface area contributed by atoms with Crippen LogP contribution < -0.4 is 16.4 Å². The molecule has 1 aliphatic carbocycles. The van der Waals surface area contributed by atoms with Crippen LogP contribution in [0.2, 0.25) is 0 Å². The molecular formula is C39H57N5. The number of fused-ring (bicyclic) bond motifs is 1. The molecule has 0 bridgehead atoms. The van der Waals surface area contributed by atoms with Crippen LogP contribution >= 0.6 is 0 Å². The molecule has 4 N–H and O–H groups in total. The minimum atomic E-state index is 0.183. The zero-order valence-corrected chi connectivity index (χ0v) is 28.3. The predicted octanol–water partition coefficient (Wildman–Crippen LogP) is 9.01. The first-order valence-corrected chi connectivity index (χ1v) is 16.0. The van der Waals surface area contributed by atoms with Gasteiger partial charge >= 0.3 is 0 Å². The summed E-state index contributed by atoms with van der Waals surface area (Å²) in [6.45, 7) is 25.7. The standard InChI is InChI=1S/C21H36N2.C16H17N3.C2H4/c1-8-17(3)14-21(5,9-2)18(4)23(7)16-20-13-11-10-12-19(20)15-22-6;1-11(19-16-4-2-3-7-18-16)13-8-12-5-6-15(17)10-14(12)9-13;1-2/h10-13,17,22H,4,8-9,14-16H2,1-3,5-7H3;2-7,10,13H,1,8-9,17H2,(H,18,19);1-2H2. The number of nitrogen functional groups attached to an aromatic ring is 1. The first-order valence-electron chi connectivity index (χ1n) is 16.0. The highest BCUT2D eigenvalue weighted by Crippen LogP contribution is 2.39. The number of pyridine rings is 1. The smallest absolute Gasteiger partial charge is 0.130 e. The molecule has 0 spiro atoms. The van der Waals surface area contributed by atoms with Gasteiger partial charge < -0.3 is 21.3 Å². The van der Waals surface area contributed by atoms with Gasteiger partial charge in [-0.05, 0) is 85.2 Å². The molecule has 1 aliphatic rings. The zero-order valence-electron chi connectivity index (χ0n) is 28.3. The van der Waals surface area contributed by atoms with Crippen molar-refractivity contribution in [2.75, 3.05) is 25.1 Å². The Morgan fingerprint density at radius 2 is 1.68 bits per heavy atom. The van der Waals surface area contributed by atoms with Crippen LogP contribution in [0.25, 0.3) is 0 Å². The van der Waals surface area contributed by atoms with Gasteiger partial charge in [0.25, 0.3) is 0 Å². The first-order chi connectivity index (χ1) is 21.1. The third-order valence-electron chi connectivity index (χ3n) is 8.94. The molecule has 0 amide bonds. The molecule has 2 aromatic carbocycles. The van der Waals surface area contributed by atoms with Crippen molar-refractivity contribution in [1.82, 2.24) is 15.2 Å². The molecule has 0 aliphatic heterocycles. The minimum absolute atomic E-state index is 0.183. The number of hydrogen-bond donors (Lipinski definition) is 3. The van der Waals surface area contributed by atoms with Gasteiger partial charge in [-0.15, -0.1) is 13.2 Å². The monoisotopic (exact) mass is 595 g/mol. The molecule has 0 saturated heterocycles. The lowest BCUT2D eigenvalue weighted by Crippen LogP contribution is -2.31. The number of nitrogens with one attached hydrogen (secondary N) is 2. The van der Waals surface area contributed by atoms with Gasteiger partial charge in [0.15, 0.2) is 0 Å². The molecule has 44 heavy (non-hydrogen) atoms. The molecular weight excluding hydrogens is 538 g/mol. The quantitative estimate of drug-likeness (QED) is 0.136. The number of allylic oxidation sites excluding steroid dienone is 2. The van der Waals surface area contributed by atoms with Crippen molar-refractivity contribution < 1.29 is 0 Å². The van der Waals surface area contributed by atoms with Crippen molar-refractivity contribution in [1.29, 1.82) is 0 Å². The number of nitrogens with zero attached hydrogens (tertiary/aromatic N) is 2. The maximum atomic E-state index is 5.83. The van der Waals surface area contributed by atoms with Crippen LogP contribution in [-0.2, 0) is 25.9 Å². The molecule has 238 valence electrons. The molecule has 0 radical (unpaired) electrons. The minimum Gasteiger partial charge on any atom is -0.399 e. The van der Waals surface area contributed by atoms with E-state index in [0.717, 1.165) is 55.5 Å². The van der Waals surface area contributed by atoms with Crippen LogP contribution in [0.5, 0.6) is 0 Å². The summed E-state index contributed by atoms with van der Waals surface area (Å²) in [5.41, 5.74) is 14.6. The summed E-state index contributed by atoms with van der Waals surface area (Å²) < 4.78 is 0. The fourth-order valence-corrected chi connectivity index (χ4v) is 5.85. The number of aromatic nitrogens is 1. The lowest BCUT2D eigenvalue weighted by Gasteiger charge is -2.38. The maximum Gasteiger partial charge on any atom is 0.130 e. The van der Waals surface area contributed by atoms with Gasteiger partial charge in [-0.2, -0.15) is 0 Å². The van der Waals surface area contributed by atoms with Gasteiger partial charge in [-0.1, -0.05) is 83.7 Å². The van der Waals surface area contributed by atoms with E-state index in [2.05, 4.69) is 118 Å². The summed E-state index contributed by atoms with van der Waals surface area (Å²) in [4.78, 5) is 6.61. The van der Waals surface area contributed by atoms with Crippen molar-refractivity contribution in [3.05, 3.63) is 127 Å². The average molecular weight is 596 g/mol. The highest BCUT2D eigenvalue weighted by molar-refractivity contribution is 5.49.